The highest BCUT2D eigenvalue weighted by atomic mass is 79.9. The van der Waals surface area contributed by atoms with E-state index in [1.807, 2.05) is 41.3 Å². The number of nitrogens with zero attached hydrogens (tertiary/aromatic N) is 4. The average Bonchev–Trinajstić information content (AvgIpc) is 2.91. The molecule has 0 radical (unpaired) electrons. The smallest absolute Gasteiger partial charge is 0.311 e. The maximum Gasteiger partial charge on any atom is 0.311 e. The molecule has 1 N–H and O–H groups in total. The van der Waals surface area contributed by atoms with Gasteiger partial charge in [0.15, 0.2) is 12.4 Å². The second-order valence-electron chi connectivity index (χ2n) is 8.89. The minimum Gasteiger partial charge on any atom is -0.455 e. The lowest BCUT2D eigenvalue weighted by molar-refractivity contribution is -0.384. The normalized spacial score (nSPS) is 15.1. The molecule has 1 aliphatic heterocycles. The van der Waals surface area contributed by atoms with Crippen molar-refractivity contribution in [3.63, 3.8) is 0 Å². The molecule has 1 aromatic heterocycles. The van der Waals surface area contributed by atoms with Crippen molar-refractivity contribution in [2.45, 2.75) is 36.6 Å². The Morgan fingerprint density at radius 2 is 1.92 bits per heavy atom. The van der Waals surface area contributed by atoms with Crippen LogP contribution in [0.15, 0.2) is 62.9 Å². The van der Waals surface area contributed by atoms with E-state index in [1.54, 1.807) is 19.9 Å². The first kappa shape index (κ1) is 27.5. The predicted molar refractivity (Wildman–Crippen MR) is 147 cm³/mol. The van der Waals surface area contributed by atoms with E-state index >= 15 is 0 Å². The zero-order valence-electron chi connectivity index (χ0n) is 20.8. The second kappa shape index (κ2) is 12.4. The van der Waals surface area contributed by atoms with Gasteiger partial charge in [0.1, 0.15) is 10.7 Å². The van der Waals surface area contributed by atoms with E-state index in [-0.39, 0.29) is 11.4 Å². The summed E-state index contributed by atoms with van der Waals surface area (Å²) in [5.74, 6) is -0.879. The Labute approximate surface area is 232 Å². The molecule has 0 saturated carbocycles. The van der Waals surface area contributed by atoms with Crippen molar-refractivity contribution in [2.75, 3.05) is 29.9 Å². The Morgan fingerprint density at radius 1 is 1.16 bits per heavy atom. The number of carbonyl (C=O) groups excluding carboxylic acids is 2. The number of nitro benzene ring substituents is 1. The van der Waals surface area contributed by atoms with E-state index in [0.717, 1.165) is 32.9 Å². The number of esters is 1. The van der Waals surface area contributed by atoms with E-state index in [9.17, 15) is 19.7 Å². The Bertz CT molecular complexity index is 1340. The molecule has 12 heteroatoms. The molecule has 1 amide bonds. The van der Waals surface area contributed by atoms with Crippen LogP contribution in [-0.4, -0.2) is 46.7 Å². The van der Waals surface area contributed by atoms with Gasteiger partial charge in [-0.15, -0.1) is 10.2 Å². The van der Waals surface area contributed by atoms with E-state index in [2.05, 4.69) is 31.4 Å². The van der Waals surface area contributed by atoms with E-state index < -0.39 is 29.3 Å². The van der Waals surface area contributed by atoms with Crippen LogP contribution in [0.4, 0.5) is 17.2 Å². The monoisotopic (exact) mass is 599 g/mol. The van der Waals surface area contributed by atoms with E-state index in [0.29, 0.717) is 24.3 Å². The Balaban J connectivity index is 1.31. The number of rotatable bonds is 8. The third-order valence-corrected chi connectivity index (χ3v) is 7.72. The number of carbonyl (C=O) groups is 2. The number of amides is 1. The second-order valence-corrected chi connectivity index (χ2v) is 10.9. The van der Waals surface area contributed by atoms with Gasteiger partial charge >= 0.3 is 5.97 Å². The van der Waals surface area contributed by atoms with Crippen LogP contribution in [0.2, 0.25) is 0 Å². The number of nitro groups is 1. The van der Waals surface area contributed by atoms with Crippen LogP contribution in [-0.2, 0) is 14.3 Å². The Hall–Kier alpha value is -3.51. The standard InChI is InChI=1S/C26H26BrN5O5S/c1-16-5-10-21(32(35)36)25(17(16)2)28-23(33)15-37-26(34)18-4-3-13-31(14-18)22-11-12-24(30-29-22)38-20-8-6-19(27)7-9-20/h5-12,18H,3-4,13-15H2,1-2H3,(H,28,33). The van der Waals surface area contributed by atoms with Crippen LogP contribution in [0.5, 0.6) is 0 Å². The zero-order valence-corrected chi connectivity index (χ0v) is 23.3. The largest absolute Gasteiger partial charge is 0.455 e. The molecule has 2 heterocycles. The molecule has 1 atom stereocenters. The molecule has 1 aliphatic rings. The lowest BCUT2D eigenvalue weighted by Crippen LogP contribution is -2.40. The highest BCUT2D eigenvalue weighted by Crippen LogP contribution is 2.31. The highest BCUT2D eigenvalue weighted by molar-refractivity contribution is 9.10. The van der Waals surface area contributed by atoms with Gasteiger partial charge in [-0.1, -0.05) is 33.8 Å². The van der Waals surface area contributed by atoms with Crippen LogP contribution in [0.1, 0.15) is 24.0 Å². The summed E-state index contributed by atoms with van der Waals surface area (Å²) in [5.41, 5.74) is 1.29. The first-order valence-electron chi connectivity index (χ1n) is 11.9. The van der Waals surface area contributed by atoms with Crippen molar-refractivity contribution in [3.8, 4) is 0 Å². The van der Waals surface area contributed by atoms with Crippen molar-refractivity contribution in [1.29, 1.82) is 0 Å². The fourth-order valence-corrected chi connectivity index (χ4v) is 5.07. The van der Waals surface area contributed by atoms with Crippen molar-refractivity contribution in [1.82, 2.24) is 10.2 Å². The molecule has 1 saturated heterocycles. The number of aromatic nitrogens is 2. The lowest BCUT2D eigenvalue weighted by Gasteiger charge is -2.32. The third kappa shape index (κ3) is 6.87. The lowest BCUT2D eigenvalue weighted by atomic mass is 9.98. The van der Waals surface area contributed by atoms with Crippen LogP contribution in [0.3, 0.4) is 0 Å². The summed E-state index contributed by atoms with van der Waals surface area (Å²) in [5, 5.41) is 23.3. The number of nitrogens with one attached hydrogen (secondary N) is 1. The maximum atomic E-state index is 12.7. The number of halogens is 1. The van der Waals surface area contributed by atoms with Crippen molar-refractivity contribution in [3.05, 3.63) is 74.2 Å². The van der Waals surface area contributed by atoms with Crippen molar-refractivity contribution in [2.24, 2.45) is 5.92 Å². The molecule has 0 spiro atoms. The topological polar surface area (TPSA) is 128 Å². The summed E-state index contributed by atoms with van der Waals surface area (Å²) in [6, 6.07) is 14.7. The van der Waals surface area contributed by atoms with Gasteiger partial charge < -0.3 is 15.0 Å². The summed E-state index contributed by atoms with van der Waals surface area (Å²) < 4.78 is 6.28. The van der Waals surface area contributed by atoms with Crippen LogP contribution < -0.4 is 10.2 Å². The van der Waals surface area contributed by atoms with Gasteiger partial charge in [-0.05, 0) is 74.2 Å². The van der Waals surface area contributed by atoms with Gasteiger partial charge in [0.2, 0.25) is 0 Å². The summed E-state index contributed by atoms with van der Waals surface area (Å²) >= 11 is 4.93. The Morgan fingerprint density at radius 3 is 2.61 bits per heavy atom. The third-order valence-electron chi connectivity index (χ3n) is 6.26. The summed E-state index contributed by atoms with van der Waals surface area (Å²) in [6.45, 7) is 4.09. The summed E-state index contributed by atoms with van der Waals surface area (Å²) in [7, 11) is 0. The number of hydrogen-bond acceptors (Lipinski definition) is 9. The van der Waals surface area contributed by atoms with Gasteiger partial charge in [-0.3, -0.25) is 19.7 Å². The molecule has 38 heavy (non-hydrogen) atoms. The minimum absolute atomic E-state index is 0.111. The van der Waals surface area contributed by atoms with E-state index in [4.69, 9.17) is 4.74 Å². The Kier molecular flexibility index (Phi) is 8.95. The molecule has 2 aromatic carbocycles. The quantitative estimate of drug-likeness (QED) is 0.208. The number of ether oxygens (including phenoxy) is 1. The maximum absolute atomic E-state index is 12.7. The number of hydrogen-bond donors (Lipinski definition) is 1. The molecule has 10 nitrogen and oxygen atoms in total. The summed E-state index contributed by atoms with van der Waals surface area (Å²) in [6.07, 6.45) is 1.39. The first-order chi connectivity index (χ1) is 18.2. The molecule has 1 unspecified atom stereocenters. The molecule has 3 aromatic rings. The van der Waals surface area contributed by atoms with Gasteiger partial charge in [0, 0.05) is 28.5 Å². The number of aryl methyl sites for hydroxylation is 1. The van der Waals surface area contributed by atoms with Gasteiger partial charge in [-0.2, -0.15) is 0 Å². The predicted octanol–water partition coefficient (Wildman–Crippen LogP) is 5.31. The van der Waals surface area contributed by atoms with E-state index in [1.165, 1.54) is 17.8 Å². The van der Waals surface area contributed by atoms with Crippen LogP contribution in [0, 0.1) is 29.9 Å². The summed E-state index contributed by atoms with van der Waals surface area (Å²) in [4.78, 5) is 39.0. The average molecular weight is 600 g/mol. The van der Waals surface area contributed by atoms with Gasteiger partial charge in [0.05, 0.1) is 10.8 Å². The fraction of sp³-hybridized carbons (Fsp3) is 0.308. The molecule has 0 aliphatic carbocycles. The molecular weight excluding hydrogens is 574 g/mol. The molecule has 4 rings (SSSR count). The fourth-order valence-electron chi connectivity index (χ4n) is 4.08. The molecule has 0 bridgehead atoms. The van der Waals surface area contributed by atoms with Crippen molar-refractivity contribution < 1.29 is 19.2 Å². The van der Waals surface area contributed by atoms with Gasteiger partial charge in [-0.25, -0.2) is 0 Å². The highest BCUT2D eigenvalue weighted by Gasteiger charge is 2.29. The molecular formula is C26H26BrN5O5S. The zero-order chi connectivity index (χ0) is 27.2. The van der Waals surface area contributed by atoms with Gasteiger partial charge in [0.25, 0.3) is 11.6 Å². The molecule has 1 fully saturated rings. The van der Waals surface area contributed by atoms with Crippen LogP contribution >= 0.6 is 27.7 Å². The van der Waals surface area contributed by atoms with Crippen LogP contribution in [0.25, 0.3) is 0 Å². The van der Waals surface area contributed by atoms with Crippen molar-refractivity contribution >= 4 is 56.8 Å². The number of anilines is 2. The first-order valence-corrected chi connectivity index (χ1v) is 13.6. The molecule has 198 valence electrons. The minimum atomic E-state index is -0.632. The number of piperidine rings is 1. The SMILES string of the molecule is Cc1ccc([N+](=O)[O-])c(NC(=O)COC(=O)C2CCCN(c3ccc(Sc4ccc(Br)cc4)nn3)C2)c1C. The number of benzene rings is 2.